The molecular weight excluding hydrogens is 194 g/mol. The van der Waals surface area contributed by atoms with Crippen molar-refractivity contribution in [1.82, 2.24) is 4.57 Å². The van der Waals surface area contributed by atoms with E-state index in [1.165, 1.54) is 23.0 Å². The lowest BCUT2D eigenvalue weighted by Crippen LogP contribution is -2.11. The summed E-state index contributed by atoms with van der Waals surface area (Å²) in [6.45, 7) is 10.2. The maximum absolute atomic E-state index is 2.43. The highest BCUT2D eigenvalue weighted by Crippen LogP contribution is 2.24. The zero-order valence-electron chi connectivity index (χ0n) is 10.7. The second-order valence-electron chi connectivity index (χ2n) is 5.81. The van der Waals surface area contributed by atoms with E-state index < -0.39 is 0 Å². The molecule has 0 aliphatic rings. The zero-order valence-corrected chi connectivity index (χ0v) is 10.7. The van der Waals surface area contributed by atoms with Gasteiger partial charge in [-0.25, -0.2) is 0 Å². The first-order valence-electron chi connectivity index (χ1n) is 6.02. The summed E-state index contributed by atoms with van der Waals surface area (Å²) >= 11 is 0. The van der Waals surface area contributed by atoms with E-state index in [0.29, 0.717) is 5.41 Å². The van der Waals surface area contributed by atoms with Gasteiger partial charge in [-0.05, 0) is 36.3 Å². The Hall–Kier alpha value is -1.24. The van der Waals surface area contributed by atoms with Gasteiger partial charge in [-0.1, -0.05) is 39.0 Å². The van der Waals surface area contributed by atoms with Crippen LogP contribution >= 0.6 is 0 Å². The summed E-state index contributed by atoms with van der Waals surface area (Å²) in [4.78, 5) is 0. The van der Waals surface area contributed by atoms with Crippen LogP contribution in [0.1, 0.15) is 32.9 Å². The largest absolute Gasteiger partial charge is 0.345 e. The molecule has 0 atom stereocenters. The van der Waals surface area contributed by atoms with E-state index in [1.54, 1.807) is 0 Å². The van der Waals surface area contributed by atoms with Crippen molar-refractivity contribution in [3.05, 3.63) is 36.0 Å². The Kier molecular flexibility index (Phi) is 2.79. The summed E-state index contributed by atoms with van der Waals surface area (Å²) in [5, 5.41) is 1.36. The summed E-state index contributed by atoms with van der Waals surface area (Å²) < 4.78 is 2.43. The number of aryl methyl sites for hydroxylation is 2. The molecule has 1 heterocycles. The molecule has 0 spiro atoms. The Morgan fingerprint density at radius 2 is 1.81 bits per heavy atom. The maximum Gasteiger partial charge on any atom is 0.0482 e. The number of rotatable bonds is 2. The van der Waals surface area contributed by atoms with Crippen molar-refractivity contribution < 1.29 is 0 Å². The summed E-state index contributed by atoms with van der Waals surface area (Å²) in [6.07, 6.45) is 1.21. The fourth-order valence-electron chi connectivity index (χ4n) is 2.09. The molecule has 1 heteroatoms. The number of nitrogens with zero attached hydrogens (tertiary/aromatic N) is 1. The van der Waals surface area contributed by atoms with Gasteiger partial charge in [0.25, 0.3) is 0 Å². The first-order valence-corrected chi connectivity index (χ1v) is 6.02. The van der Waals surface area contributed by atoms with E-state index in [-0.39, 0.29) is 0 Å². The lowest BCUT2D eigenvalue weighted by Gasteiger charge is -2.19. The minimum absolute atomic E-state index is 0.401. The number of para-hydroxylation sites is 1. The van der Waals surface area contributed by atoms with Gasteiger partial charge in [0.05, 0.1) is 0 Å². The minimum atomic E-state index is 0.401. The molecule has 0 amide bonds. The summed E-state index contributed by atoms with van der Waals surface area (Å²) in [7, 11) is 0. The molecule has 0 unspecified atom stereocenters. The van der Waals surface area contributed by atoms with Crippen molar-refractivity contribution in [2.45, 2.75) is 40.7 Å². The molecule has 0 aliphatic carbocycles. The minimum Gasteiger partial charge on any atom is -0.345 e. The van der Waals surface area contributed by atoms with E-state index >= 15 is 0 Å². The fourth-order valence-corrected chi connectivity index (χ4v) is 2.09. The average Bonchev–Trinajstić information content (AvgIpc) is 2.49. The Bertz CT molecular complexity index is 486. The molecule has 2 aromatic rings. The molecule has 2 rings (SSSR count). The van der Waals surface area contributed by atoms with Crippen molar-refractivity contribution in [2.24, 2.45) is 5.41 Å². The molecule has 0 N–H and O–H groups in total. The predicted molar refractivity (Wildman–Crippen MR) is 70.7 cm³/mol. The quantitative estimate of drug-likeness (QED) is 0.700. The van der Waals surface area contributed by atoms with Gasteiger partial charge in [0.1, 0.15) is 0 Å². The van der Waals surface area contributed by atoms with Crippen LogP contribution in [0.2, 0.25) is 0 Å². The molecule has 86 valence electrons. The van der Waals surface area contributed by atoms with Gasteiger partial charge in [-0.3, -0.25) is 0 Å². The van der Waals surface area contributed by atoms with Gasteiger partial charge < -0.3 is 4.57 Å². The van der Waals surface area contributed by atoms with Gasteiger partial charge in [0.15, 0.2) is 0 Å². The highest BCUT2D eigenvalue weighted by Gasteiger charge is 2.12. The van der Waals surface area contributed by atoms with Crippen LogP contribution in [0.15, 0.2) is 30.3 Å². The van der Waals surface area contributed by atoms with Gasteiger partial charge in [-0.2, -0.15) is 0 Å². The fraction of sp³-hybridized carbons (Fsp3) is 0.467. The third-order valence-electron chi connectivity index (χ3n) is 3.10. The maximum atomic E-state index is 2.43. The first-order chi connectivity index (χ1) is 7.47. The van der Waals surface area contributed by atoms with Gasteiger partial charge in [-0.15, -0.1) is 0 Å². The molecule has 1 aromatic heterocycles. The van der Waals surface area contributed by atoms with E-state index in [2.05, 4.69) is 62.6 Å². The number of hydrogen-bond donors (Lipinski definition) is 0. The highest BCUT2D eigenvalue weighted by atomic mass is 15.0. The SMILES string of the molecule is Cc1cc2ccccc2n1CCC(C)(C)C. The summed E-state index contributed by atoms with van der Waals surface area (Å²) in [6, 6.07) is 10.9. The van der Waals surface area contributed by atoms with Crippen LogP contribution in [0.3, 0.4) is 0 Å². The Balaban J connectivity index is 2.33. The average molecular weight is 215 g/mol. The second kappa shape index (κ2) is 3.97. The molecule has 1 nitrogen and oxygen atoms in total. The predicted octanol–water partition coefficient (Wildman–Crippen LogP) is 4.39. The monoisotopic (exact) mass is 215 g/mol. The second-order valence-corrected chi connectivity index (χ2v) is 5.81. The number of fused-ring (bicyclic) bond motifs is 1. The molecule has 0 saturated carbocycles. The lowest BCUT2D eigenvalue weighted by atomic mass is 9.92. The van der Waals surface area contributed by atoms with E-state index in [4.69, 9.17) is 0 Å². The molecule has 0 fully saturated rings. The zero-order chi connectivity index (χ0) is 11.8. The van der Waals surface area contributed by atoms with Crippen LogP contribution in [0.4, 0.5) is 0 Å². The van der Waals surface area contributed by atoms with Crippen molar-refractivity contribution in [1.29, 1.82) is 0 Å². The summed E-state index contributed by atoms with van der Waals surface area (Å²) in [5.41, 5.74) is 3.13. The Labute approximate surface area is 98.1 Å². The van der Waals surface area contributed by atoms with Crippen molar-refractivity contribution in [2.75, 3.05) is 0 Å². The number of hydrogen-bond acceptors (Lipinski definition) is 0. The van der Waals surface area contributed by atoms with Gasteiger partial charge in [0.2, 0.25) is 0 Å². The van der Waals surface area contributed by atoms with Crippen LogP contribution in [0, 0.1) is 12.3 Å². The van der Waals surface area contributed by atoms with Crippen molar-refractivity contribution in [3.63, 3.8) is 0 Å². The van der Waals surface area contributed by atoms with E-state index in [0.717, 1.165) is 6.54 Å². The number of benzene rings is 1. The highest BCUT2D eigenvalue weighted by molar-refractivity contribution is 5.81. The van der Waals surface area contributed by atoms with Crippen LogP contribution in [-0.2, 0) is 6.54 Å². The molecule has 1 aromatic carbocycles. The topological polar surface area (TPSA) is 4.93 Å². The van der Waals surface area contributed by atoms with Crippen LogP contribution < -0.4 is 0 Å². The molecule has 16 heavy (non-hydrogen) atoms. The molecule has 0 saturated heterocycles. The molecule has 0 bridgehead atoms. The molecule has 0 radical (unpaired) electrons. The van der Waals surface area contributed by atoms with Crippen LogP contribution in [-0.4, -0.2) is 4.57 Å². The third kappa shape index (κ3) is 2.29. The first kappa shape index (κ1) is 11.3. The lowest BCUT2D eigenvalue weighted by molar-refractivity contribution is 0.352. The smallest absolute Gasteiger partial charge is 0.0482 e. The Morgan fingerprint density at radius 3 is 2.50 bits per heavy atom. The van der Waals surface area contributed by atoms with E-state index in [9.17, 15) is 0 Å². The molecular formula is C15H21N. The molecule has 0 aliphatic heterocycles. The van der Waals surface area contributed by atoms with Crippen molar-refractivity contribution >= 4 is 10.9 Å². The summed E-state index contributed by atoms with van der Waals surface area (Å²) in [5.74, 6) is 0. The van der Waals surface area contributed by atoms with Gasteiger partial charge in [0, 0.05) is 17.8 Å². The van der Waals surface area contributed by atoms with Crippen LogP contribution in [0.25, 0.3) is 10.9 Å². The standard InChI is InChI=1S/C15H21N/c1-12-11-13-7-5-6-8-14(13)16(12)10-9-15(2,3)4/h5-8,11H,9-10H2,1-4H3. The van der Waals surface area contributed by atoms with Gasteiger partial charge >= 0.3 is 0 Å². The van der Waals surface area contributed by atoms with Crippen molar-refractivity contribution in [3.8, 4) is 0 Å². The van der Waals surface area contributed by atoms with E-state index in [1.807, 2.05) is 0 Å². The van der Waals surface area contributed by atoms with Crippen LogP contribution in [0.5, 0.6) is 0 Å². The third-order valence-corrected chi connectivity index (χ3v) is 3.10. The normalized spacial score (nSPS) is 12.2. The number of aromatic nitrogens is 1. The Morgan fingerprint density at radius 1 is 1.12 bits per heavy atom.